The van der Waals surface area contributed by atoms with Crippen LogP contribution in [0.1, 0.15) is 19.8 Å². The van der Waals surface area contributed by atoms with Gasteiger partial charge in [0.05, 0.1) is 0 Å². The summed E-state index contributed by atoms with van der Waals surface area (Å²) in [5.41, 5.74) is 10.8. The molecule has 0 spiro atoms. The zero-order chi connectivity index (χ0) is 7.82. The van der Waals surface area contributed by atoms with Crippen LogP contribution in [0.2, 0.25) is 0 Å². The maximum Gasteiger partial charge on any atom is 0.00909 e. The van der Waals surface area contributed by atoms with Gasteiger partial charge in [0.2, 0.25) is 0 Å². The van der Waals surface area contributed by atoms with E-state index in [2.05, 4.69) is 12.2 Å². The predicted molar refractivity (Wildman–Crippen MR) is 44.8 cm³/mol. The highest BCUT2D eigenvalue weighted by molar-refractivity contribution is 4.66. The van der Waals surface area contributed by atoms with E-state index in [1.807, 2.05) is 0 Å². The number of rotatable bonds is 6. The molecular weight excluding hydrogens is 126 g/mol. The van der Waals surface area contributed by atoms with Crippen LogP contribution >= 0.6 is 0 Å². The molecule has 62 valence electrons. The van der Waals surface area contributed by atoms with Crippen molar-refractivity contribution in [3.05, 3.63) is 0 Å². The third-order valence-electron chi connectivity index (χ3n) is 1.52. The Kier molecular flexibility index (Phi) is 6.91. The van der Waals surface area contributed by atoms with E-state index in [1.165, 1.54) is 0 Å². The Morgan fingerprint density at radius 1 is 1.20 bits per heavy atom. The molecule has 0 amide bonds. The lowest BCUT2D eigenvalue weighted by Crippen LogP contribution is -2.32. The molecule has 0 fully saturated rings. The molecule has 0 atom stereocenters. The highest BCUT2D eigenvalue weighted by Gasteiger charge is 2.02. The standard InChI is InChI=1S/C7H19N3/c1-2-10-7(3-5-8)4-6-9/h7,10H,2-6,8-9H2,1H3. The van der Waals surface area contributed by atoms with Crippen LogP contribution in [0.25, 0.3) is 0 Å². The quantitative estimate of drug-likeness (QED) is 0.479. The largest absolute Gasteiger partial charge is 0.330 e. The van der Waals surface area contributed by atoms with E-state index in [4.69, 9.17) is 11.5 Å². The Hall–Kier alpha value is -0.120. The number of hydrogen-bond donors (Lipinski definition) is 3. The smallest absolute Gasteiger partial charge is 0.00909 e. The van der Waals surface area contributed by atoms with E-state index in [0.717, 1.165) is 32.5 Å². The molecule has 0 aliphatic rings. The average Bonchev–Trinajstić information content (AvgIpc) is 1.90. The SMILES string of the molecule is CCNC(CCN)CCN. The van der Waals surface area contributed by atoms with Crippen molar-refractivity contribution >= 4 is 0 Å². The summed E-state index contributed by atoms with van der Waals surface area (Å²) in [6.45, 7) is 4.60. The molecule has 0 heterocycles. The maximum atomic E-state index is 5.41. The van der Waals surface area contributed by atoms with Gasteiger partial charge in [-0.05, 0) is 32.5 Å². The van der Waals surface area contributed by atoms with Crippen LogP contribution in [0, 0.1) is 0 Å². The topological polar surface area (TPSA) is 64.1 Å². The van der Waals surface area contributed by atoms with Gasteiger partial charge >= 0.3 is 0 Å². The lowest BCUT2D eigenvalue weighted by molar-refractivity contribution is 0.474. The first kappa shape index (κ1) is 9.88. The number of nitrogens with one attached hydrogen (secondary N) is 1. The molecule has 10 heavy (non-hydrogen) atoms. The van der Waals surface area contributed by atoms with Gasteiger partial charge in [0.15, 0.2) is 0 Å². The minimum absolute atomic E-state index is 0.528. The van der Waals surface area contributed by atoms with Crippen LogP contribution < -0.4 is 16.8 Å². The first-order chi connectivity index (χ1) is 4.85. The van der Waals surface area contributed by atoms with Crippen LogP contribution in [-0.2, 0) is 0 Å². The van der Waals surface area contributed by atoms with Crippen molar-refractivity contribution in [1.29, 1.82) is 0 Å². The minimum atomic E-state index is 0.528. The molecule has 0 bridgehead atoms. The van der Waals surface area contributed by atoms with E-state index in [1.54, 1.807) is 0 Å². The molecular formula is C7H19N3. The van der Waals surface area contributed by atoms with Gasteiger partial charge in [0, 0.05) is 6.04 Å². The molecule has 0 saturated heterocycles. The second-order valence-electron chi connectivity index (χ2n) is 2.41. The molecule has 0 aromatic carbocycles. The summed E-state index contributed by atoms with van der Waals surface area (Å²) in [7, 11) is 0. The van der Waals surface area contributed by atoms with Gasteiger partial charge in [-0.3, -0.25) is 0 Å². The van der Waals surface area contributed by atoms with Crippen molar-refractivity contribution < 1.29 is 0 Å². The molecule has 3 heteroatoms. The van der Waals surface area contributed by atoms with Crippen LogP contribution in [0.4, 0.5) is 0 Å². The van der Waals surface area contributed by atoms with Gasteiger partial charge in [-0.2, -0.15) is 0 Å². The van der Waals surface area contributed by atoms with Gasteiger partial charge in [-0.1, -0.05) is 6.92 Å². The normalized spacial score (nSPS) is 10.8. The van der Waals surface area contributed by atoms with E-state index >= 15 is 0 Å². The molecule has 5 N–H and O–H groups in total. The Labute approximate surface area is 63.2 Å². The molecule has 3 nitrogen and oxygen atoms in total. The van der Waals surface area contributed by atoms with Crippen LogP contribution in [0.3, 0.4) is 0 Å². The van der Waals surface area contributed by atoms with Crippen LogP contribution in [0.5, 0.6) is 0 Å². The zero-order valence-electron chi connectivity index (χ0n) is 6.77. The van der Waals surface area contributed by atoms with Crippen molar-refractivity contribution in [3.8, 4) is 0 Å². The highest BCUT2D eigenvalue weighted by Crippen LogP contribution is 1.93. The van der Waals surface area contributed by atoms with E-state index in [-0.39, 0.29) is 0 Å². The Balaban J connectivity index is 3.30. The third-order valence-corrected chi connectivity index (χ3v) is 1.52. The summed E-state index contributed by atoms with van der Waals surface area (Å²) >= 11 is 0. The van der Waals surface area contributed by atoms with Crippen molar-refractivity contribution in [2.24, 2.45) is 11.5 Å². The van der Waals surface area contributed by atoms with Crippen LogP contribution in [-0.4, -0.2) is 25.7 Å². The molecule has 0 aliphatic carbocycles. The van der Waals surface area contributed by atoms with Crippen molar-refractivity contribution in [2.45, 2.75) is 25.8 Å². The summed E-state index contributed by atoms with van der Waals surface area (Å²) in [4.78, 5) is 0. The van der Waals surface area contributed by atoms with Gasteiger partial charge in [-0.15, -0.1) is 0 Å². The summed E-state index contributed by atoms with van der Waals surface area (Å²) in [5, 5.41) is 3.32. The van der Waals surface area contributed by atoms with Crippen molar-refractivity contribution in [3.63, 3.8) is 0 Å². The van der Waals surface area contributed by atoms with E-state index < -0.39 is 0 Å². The zero-order valence-corrected chi connectivity index (χ0v) is 6.77. The summed E-state index contributed by atoms with van der Waals surface area (Å²) in [6.07, 6.45) is 2.07. The number of hydrogen-bond acceptors (Lipinski definition) is 3. The fourth-order valence-corrected chi connectivity index (χ4v) is 1.04. The van der Waals surface area contributed by atoms with Crippen molar-refractivity contribution in [1.82, 2.24) is 5.32 Å². The molecule has 0 radical (unpaired) electrons. The Bertz CT molecular complexity index is 51.6. The Morgan fingerprint density at radius 2 is 1.70 bits per heavy atom. The van der Waals surface area contributed by atoms with Gasteiger partial charge in [0.25, 0.3) is 0 Å². The van der Waals surface area contributed by atoms with Crippen molar-refractivity contribution in [2.75, 3.05) is 19.6 Å². The number of nitrogens with two attached hydrogens (primary N) is 2. The van der Waals surface area contributed by atoms with Gasteiger partial charge in [0.1, 0.15) is 0 Å². The predicted octanol–water partition coefficient (Wildman–Crippen LogP) is -0.338. The van der Waals surface area contributed by atoms with E-state index in [0.29, 0.717) is 6.04 Å². The summed E-state index contributed by atoms with van der Waals surface area (Å²) in [5.74, 6) is 0. The third kappa shape index (κ3) is 4.73. The second-order valence-corrected chi connectivity index (χ2v) is 2.41. The fourth-order valence-electron chi connectivity index (χ4n) is 1.04. The first-order valence-corrected chi connectivity index (χ1v) is 3.98. The first-order valence-electron chi connectivity index (χ1n) is 3.98. The molecule has 0 rings (SSSR count). The lowest BCUT2D eigenvalue weighted by Gasteiger charge is -2.14. The summed E-state index contributed by atoms with van der Waals surface area (Å²) in [6, 6.07) is 0.528. The Morgan fingerprint density at radius 3 is 2.00 bits per heavy atom. The van der Waals surface area contributed by atoms with Gasteiger partial charge < -0.3 is 16.8 Å². The van der Waals surface area contributed by atoms with Gasteiger partial charge in [-0.25, -0.2) is 0 Å². The highest BCUT2D eigenvalue weighted by atomic mass is 14.9. The molecule has 0 unspecified atom stereocenters. The summed E-state index contributed by atoms with van der Waals surface area (Å²) < 4.78 is 0. The van der Waals surface area contributed by atoms with Crippen LogP contribution in [0.15, 0.2) is 0 Å². The van der Waals surface area contributed by atoms with E-state index in [9.17, 15) is 0 Å². The monoisotopic (exact) mass is 145 g/mol. The average molecular weight is 145 g/mol. The maximum absolute atomic E-state index is 5.41. The molecule has 0 aliphatic heterocycles. The molecule has 0 aromatic rings. The fraction of sp³-hybridized carbons (Fsp3) is 1.00. The lowest BCUT2D eigenvalue weighted by atomic mass is 10.1. The minimum Gasteiger partial charge on any atom is -0.330 e. The molecule has 0 aromatic heterocycles. The molecule has 0 saturated carbocycles. The second kappa shape index (κ2) is 6.99.